The van der Waals surface area contributed by atoms with E-state index >= 15 is 0 Å². The fourth-order valence-corrected chi connectivity index (χ4v) is 1.82. The van der Waals surface area contributed by atoms with Crippen LogP contribution in [0, 0.1) is 11.6 Å². The Kier molecular flexibility index (Phi) is 3.46. The van der Waals surface area contributed by atoms with Crippen LogP contribution in [-0.2, 0) is 4.79 Å². The van der Waals surface area contributed by atoms with Gasteiger partial charge in [-0.2, -0.15) is 0 Å². The maximum absolute atomic E-state index is 13.5. The molecule has 1 saturated carbocycles. The van der Waals surface area contributed by atoms with Crippen molar-refractivity contribution in [3.8, 4) is 0 Å². The van der Waals surface area contributed by atoms with Crippen molar-refractivity contribution >= 4 is 11.9 Å². The zero-order valence-electron chi connectivity index (χ0n) is 10.1. The Bertz CT molecular complexity index is 532. The highest BCUT2D eigenvalue weighted by Crippen LogP contribution is 2.30. The van der Waals surface area contributed by atoms with Crippen molar-refractivity contribution in [1.29, 1.82) is 0 Å². The van der Waals surface area contributed by atoms with Gasteiger partial charge in [0.2, 0.25) is 0 Å². The molecule has 0 aliphatic heterocycles. The van der Waals surface area contributed by atoms with E-state index in [0.29, 0.717) is 18.9 Å². The van der Waals surface area contributed by atoms with Crippen molar-refractivity contribution in [1.82, 2.24) is 9.88 Å². The molecule has 5 nitrogen and oxygen atoms in total. The number of pyridine rings is 1. The van der Waals surface area contributed by atoms with Gasteiger partial charge < -0.3 is 10.0 Å². The number of halogens is 2. The predicted molar refractivity (Wildman–Crippen MR) is 60.4 cm³/mol. The Morgan fingerprint density at radius 2 is 2.11 bits per heavy atom. The highest BCUT2D eigenvalue weighted by Gasteiger charge is 2.40. The van der Waals surface area contributed by atoms with Crippen molar-refractivity contribution in [2.75, 3.05) is 0 Å². The minimum atomic E-state index is -1.18. The number of nitrogens with zero attached hydrogens (tertiary/aromatic N) is 2. The van der Waals surface area contributed by atoms with E-state index in [1.54, 1.807) is 0 Å². The fourth-order valence-electron chi connectivity index (χ4n) is 1.82. The Hall–Kier alpha value is -2.05. The molecule has 1 aromatic heterocycles. The highest BCUT2D eigenvalue weighted by molar-refractivity contribution is 5.95. The summed E-state index contributed by atoms with van der Waals surface area (Å²) in [5, 5.41) is 8.97. The summed E-state index contributed by atoms with van der Waals surface area (Å²) >= 11 is 0. The molecule has 0 radical (unpaired) electrons. The van der Waals surface area contributed by atoms with E-state index in [2.05, 4.69) is 4.98 Å². The number of aromatic nitrogens is 1. The fraction of sp³-hybridized carbons (Fsp3) is 0.417. The van der Waals surface area contributed by atoms with Gasteiger partial charge in [0.05, 0.1) is 6.20 Å². The smallest absolute Gasteiger partial charge is 0.326 e. The van der Waals surface area contributed by atoms with Gasteiger partial charge in [-0.25, -0.2) is 18.6 Å². The summed E-state index contributed by atoms with van der Waals surface area (Å²) in [7, 11) is 0. The number of carboxylic acids is 1. The number of rotatable bonds is 4. The zero-order chi connectivity index (χ0) is 14.2. The van der Waals surface area contributed by atoms with Crippen LogP contribution >= 0.6 is 0 Å². The lowest BCUT2D eigenvalue weighted by Gasteiger charge is -2.26. The van der Waals surface area contributed by atoms with Gasteiger partial charge in [-0.3, -0.25) is 4.79 Å². The van der Waals surface area contributed by atoms with E-state index in [-0.39, 0.29) is 6.04 Å². The van der Waals surface area contributed by atoms with Gasteiger partial charge in [-0.05, 0) is 19.8 Å². The summed E-state index contributed by atoms with van der Waals surface area (Å²) in [5.41, 5.74) is -0.554. The summed E-state index contributed by atoms with van der Waals surface area (Å²) in [6.45, 7) is 1.35. The lowest BCUT2D eigenvalue weighted by atomic mass is 10.2. The number of carbonyl (C=O) groups is 2. The molecule has 1 heterocycles. The molecule has 1 aliphatic carbocycles. The molecule has 1 aromatic rings. The van der Waals surface area contributed by atoms with E-state index < -0.39 is 35.2 Å². The second-order valence-corrected chi connectivity index (χ2v) is 4.44. The number of hydrogen-bond donors (Lipinski definition) is 1. The topological polar surface area (TPSA) is 70.5 Å². The third kappa shape index (κ3) is 2.69. The molecule has 1 unspecified atom stereocenters. The van der Waals surface area contributed by atoms with Crippen LogP contribution in [0.25, 0.3) is 0 Å². The first-order valence-corrected chi connectivity index (χ1v) is 5.78. The van der Waals surface area contributed by atoms with Crippen LogP contribution < -0.4 is 0 Å². The van der Waals surface area contributed by atoms with Crippen molar-refractivity contribution < 1.29 is 23.5 Å². The highest BCUT2D eigenvalue weighted by atomic mass is 19.1. The molecule has 1 fully saturated rings. The van der Waals surface area contributed by atoms with Crippen LogP contribution in [0.4, 0.5) is 8.78 Å². The van der Waals surface area contributed by atoms with Crippen LogP contribution in [0.15, 0.2) is 12.3 Å². The van der Waals surface area contributed by atoms with Crippen LogP contribution in [-0.4, -0.2) is 39.0 Å². The Labute approximate surface area is 107 Å². The monoisotopic (exact) mass is 270 g/mol. The first-order valence-electron chi connectivity index (χ1n) is 5.78. The van der Waals surface area contributed by atoms with Crippen molar-refractivity contribution in [3.63, 3.8) is 0 Å². The Morgan fingerprint density at radius 1 is 1.47 bits per heavy atom. The molecule has 0 saturated heterocycles. The normalized spacial score (nSPS) is 15.9. The molecular formula is C12H12F2N2O3. The van der Waals surface area contributed by atoms with E-state index in [1.807, 2.05) is 0 Å². The van der Waals surface area contributed by atoms with Crippen LogP contribution in [0.2, 0.25) is 0 Å². The van der Waals surface area contributed by atoms with Gasteiger partial charge in [0, 0.05) is 12.1 Å². The molecule has 7 heteroatoms. The molecule has 0 aromatic carbocycles. The lowest BCUT2D eigenvalue weighted by molar-refractivity contribution is -0.141. The molecule has 1 N–H and O–H groups in total. The van der Waals surface area contributed by atoms with Gasteiger partial charge in [0.25, 0.3) is 5.91 Å². The number of carbonyl (C=O) groups excluding carboxylic acids is 1. The summed E-state index contributed by atoms with van der Waals surface area (Å²) in [4.78, 5) is 27.6. The van der Waals surface area contributed by atoms with Crippen LogP contribution in [0.3, 0.4) is 0 Å². The van der Waals surface area contributed by atoms with E-state index in [1.165, 1.54) is 6.92 Å². The number of aliphatic carboxylic acids is 1. The summed E-state index contributed by atoms with van der Waals surface area (Å²) in [6, 6.07) is -0.743. The average Bonchev–Trinajstić information content (AvgIpc) is 3.13. The minimum Gasteiger partial charge on any atom is -0.480 e. The summed E-state index contributed by atoms with van der Waals surface area (Å²) < 4.78 is 26.3. The summed E-state index contributed by atoms with van der Waals surface area (Å²) in [5.74, 6) is -3.98. The predicted octanol–water partition coefficient (Wildman–Crippen LogP) is 1.44. The molecule has 2 rings (SSSR count). The number of carboxylic acid groups (broad SMARTS) is 1. The molecule has 1 aliphatic rings. The van der Waals surface area contributed by atoms with Gasteiger partial charge in [0.15, 0.2) is 11.5 Å². The second kappa shape index (κ2) is 4.91. The van der Waals surface area contributed by atoms with Crippen LogP contribution in [0.1, 0.15) is 30.3 Å². The van der Waals surface area contributed by atoms with Gasteiger partial charge in [-0.15, -0.1) is 0 Å². The first-order chi connectivity index (χ1) is 8.91. The van der Waals surface area contributed by atoms with Gasteiger partial charge >= 0.3 is 5.97 Å². The third-order valence-electron chi connectivity index (χ3n) is 2.96. The number of hydrogen-bond acceptors (Lipinski definition) is 3. The largest absolute Gasteiger partial charge is 0.480 e. The second-order valence-electron chi connectivity index (χ2n) is 4.44. The molecule has 0 spiro atoms. The lowest BCUT2D eigenvalue weighted by Crippen LogP contribution is -2.45. The zero-order valence-corrected chi connectivity index (χ0v) is 10.1. The van der Waals surface area contributed by atoms with Crippen molar-refractivity contribution in [2.45, 2.75) is 31.8 Å². The molecular weight excluding hydrogens is 258 g/mol. The maximum Gasteiger partial charge on any atom is 0.326 e. The molecule has 1 amide bonds. The summed E-state index contributed by atoms with van der Waals surface area (Å²) in [6.07, 6.45) is 2.07. The van der Waals surface area contributed by atoms with E-state index in [9.17, 15) is 18.4 Å². The minimum absolute atomic E-state index is 0.218. The maximum atomic E-state index is 13.5. The Morgan fingerprint density at radius 3 is 2.58 bits per heavy atom. The quantitative estimate of drug-likeness (QED) is 0.898. The van der Waals surface area contributed by atoms with E-state index in [4.69, 9.17) is 5.11 Å². The average molecular weight is 270 g/mol. The van der Waals surface area contributed by atoms with Crippen molar-refractivity contribution in [3.05, 3.63) is 29.6 Å². The SMILES string of the molecule is CC(C(=O)O)N(C(=O)c1ncc(F)cc1F)C1CC1. The molecule has 1 atom stereocenters. The molecule has 0 bridgehead atoms. The van der Waals surface area contributed by atoms with Gasteiger partial charge in [-0.1, -0.05) is 0 Å². The van der Waals surface area contributed by atoms with Crippen molar-refractivity contribution in [2.24, 2.45) is 0 Å². The van der Waals surface area contributed by atoms with E-state index in [0.717, 1.165) is 11.1 Å². The third-order valence-corrected chi connectivity index (χ3v) is 2.96. The van der Waals surface area contributed by atoms with Crippen LogP contribution in [0.5, 0.6) is 0 Å². The van der Waals surface area contributed by atoms with Gasteiger partial charge in [0.1, 0.15) is 11.9 Å². The number of amides is 1. The molecule has 19 heavy (non-hydrogen) atoms. The standard InChI is InChI=1S/C12H12F2N2O3/c1-6(12(18)19)16(8-2-3-8)11(17)10-9(14)4-7(13)5-15-10/h4-6,8H,2-3H2,1H3,(H,18,19). The molecule has 102 valence electrons. The first kappa shape index (κ1) is 13.4. The Balaban J connectivity index is 2.31.